The van der Waals surface area contributed by atoms with Crippen molar-refractivity contribution in [3.8, 4) is 0 Å². The quantitative estimate of drug-likeness (QED) is 0.840. The second-order valence-corrected chi connectivity index (χ2v) is 6.36. The average Bonchev–Trinajstić information content (AvgIpc) is 2.47. The number of hydrogen-bond donors (Lipinski definition) is 2. The molecule has 8 heteroatoms. The van der Waals surface area contributed by atoms with Gasteiger partial charge in [0.1, 0.15) is 0 Å². The summed E-state index contributed by atoms with van der Waals surface area (Å²) in [6.45, 7) is 1.35. The minimum Gasteiger partial charge on any atom is -0.545 e. The Morgan fingerprint density at radius 1 is 0.913 bits per heavy atom. The smallest absolute Gasteiger partial charge is 0.261 e. The molecule has 2 rings (SSSR count). The first-order valence-electron chi connectivity index (χ1n) is 6.50. The van der Waals surface area contributed by atoms with Gasteiger partial charge in [-0.2, -0.15) is 0 Å². The highest BCUT2D eigenvalue weighted by Gasteiger charge is 2.14. The summed E-state index contributed by atoms with van der Waals surface area (Å²) in [6.07, 6.45) is 0. The molecule has 0 aliphatic carbocycles. The maximum Gasteiger partial charge on any atom is 0.261 e. The topological polar surface area (TPSA) is 115 Å². The molecule has 120 valence electrons. The van der Waals surface area contributed by atoms with Gasteiger partial charge < -0.3 is 15.2 Å². The number of benzene rings is 2. The molecule has 0 aromatic heterocycles. The maximum absolute atomic E-state index is 12.2. The fourth-order valence-corrected chi connectivity index (χ4v) is 2.87. The van der Waals surface area contributed by atoms with Gasteiger partial charge in [0.15, 0.2) is 0 Å². The van der Waals surface area contributed by atoms with Gasteiger partial charge in [-0.3, -0.25) is 9.52 Å². The Morgan fingerprint density at radius 3 is 1.91 bits per heavy atom. The van der Waals surface area contributed by atoms with Crippen LogP contribution in [0.15, 0.2) is 53.4 Å². The molecule has 0 spiro atoms. The lowest BCUT2D eigenvalue weighted by Crippen LogP contribution is -2.22. The first-order chi connectivity index (χ1) is 10.8. The van der Waals surface area contributed by atoms with E-state index in [1.54, 1.807) is 0 Å². The lowest BCUT2D eigenvalue weighted by Gasteiger charge is -2.10. The van der Waals surface area contributed by atoms with E-state index in [0.717, 1.165) is 0 Å². The summed E-state index contributed by atoms with van der Waals surface area (Å²) in [6, 6.07) is 10.8. The number of carboxylic acid groups (broad SMARTS) is 1. The fraction of sp³-hybridized carbons (Fsp3) is 0.0667. The molecule has 0 heterocycles. The van der Waals surface area contributed by atoms with E-state index in [2.05, 4.69) is 10.0 Å². The molecule has 0 unspecified atom stereocenters. The minimum absolute atomic E-state index is 0.00980. The third-order valence-electron chi connectivity index (χ3n) is 2.86. The number of carboxylic acids is 1. The van der Waals surface area contributed by atoms with Crippen molar-refractivity contribution < 1.29 is 23.1 Å². The van der Waals surface area contributed by atoms with E-state index in [4.69, 9.17) is 0 Å². The predicted octanol–water partition coefficient (Wildman–Crippen LogP) is 0.809. The number of rotatable bonds is 5. The summed E-state index contributed by atoms with van der Waals surface area (Å²) in [5.74, 6) is -1.60. The van der Waals surface area contributed by atoms with Crippen LogP contribution in [-0.2, 0) is 14.8 Å². The zero-order valence-corrected chi connectivity index (χ0v) is 12.9. The number of carbonyl (C=O) groups excluding carboxylic acids is 2. The van der Waals surface area contributed by atoms with E-state index < -0.39 is 16.0 Å². The van der Waals surface area contributed by atoms with Crippen LogP contribution < -0.4 is 15.1 Å². The van der Waals surface area contributed by atoms with Crippen LogP contribution in [0.4, 0.5) is 11.4 Å². The molecule has 0 aliphatic heterocycles. The second-order valence-electron chi connectivity index (χ2n) is 4.68. The minimum atomic E-state index is -3.82. The van der Waals surface area contributed by atoms with Gasteiger partial charge in [0, 0.05) is 18.3 Å². The summed E-state index contributed by atoms with van der Waals surface area (Å²) in [7, 11) is -3.82. The van der Waals surface area contributed by atoms with Gasteiger partial charge in [0.05, 0.1) is 10.9 Å². The van der Waals surface area contributed by atoms with Crippen LogP contribution in [-0.4, -0.2) is 20.3 Å². The monoisotopic (exact) mass is 333 g/mol. The number of carbonyl (C=O) groups is 2. The van der Waals surface area contributed by atoms with Crippen LogP contribution in [0.1, 0.15) is 17.3 Å². The van der Waals surface area contributed by atoms with Gasteiger partial charge in [0.2, 0.25) is 5.91 Å². The zero-order chi connectivity index (χ0) is 17.0. The van der Waals surface area contributed by atoms with Crippen molar-refractivity contribution in [1.82, 2.24) is 0 Å². The lowest BCUT2D eigenvalue weighted by atomic mass is 10.2. The highest BCUT2D eigenvalue weighted by Crippen LogP contribution is 2.18. The van der Waals surface area contributed by atoms with Gasteiger partial charge in [-0.05, 0) is 42.0 Å². The number of anilines is 2. The van der Waals surface area contributed by atoms with E-state index in [-0.39, 0.29) is 22.1 Å². The predicted molar refractivity (Wildman–Crippen MR) is 82.3 cm³/mol. The molecule has 0 fully saturated rings. The van der Waals surface area contributed by atoms with E-state index in [0.29, 0.717) is 5.69 Å². The van der Waals surface area contributed by atoms with Gasteiger partial charge in [-0.15, -0.1) is 0 Å². The van der Waals surface area contributed by atoms with Crippen LogP contribution >= 0.6 is 0 Å². The van der Waals surface area contributed by atoms with Gasteiger partial charge in [-0.1, -0.05) is 12.1 Å². The standard InChI is InChI=1S/C15H14N2O5S/c1-10(18)16-12-6-8-14(9-7-12)23(21,22)17-13-4-2-11(3-5-13)15(19)20/h2-9,17H,1H3,(H,16,18)(H,19,20)/p-1. The van der Waals surface area contributed by atoms with Gasteiger partial charge >= 0.3 is 0 Å². The molecule has 2 aromatic carbocycles. The van der Waals surface area contributed by atoms with Crippen molar-refractivity contribution in [2.75, 3.05) is 10.0 Å². The Kier molecular flexibility index (Phi) is 4.65. The van der Waals surface area contributed by atoms with Crippen molar-refractivity contribution >= 4 is 33.3 Å². The molecule has 0 saturated carbocycles. The number of amides is 1. The van der Waals surface area contributed by atoms with Crippen molar-refractivity contribution in [3.63, 3.8) is 0 Å². The Morgan fingerprint density at radius 2 is 1.43 bits per heavy atom. The normalized spacial score (nSPS) is 10.8. The summed E-state index contributed by atoms with van der Waals surface area (Å²) in [5, 5.41) is 13.2. The van der Waals surface area contributed by atoms with Crippen LogP contribution in [0.2, 0.25) is 0 Å². The highest BCUT2D eigenvalue weighted by molar-refractivity contribution is 7.92. The molecule has 0 bridgehead atoms. The van der Waals surface area contributed by atoms with Crippen molar-refractivity contribution in [2.24, 2.45) is 0 Å². The lowest BCUT2D eigenvalue weighted by molar-refractivity contribution is -0.255. The Hall–Kier alpha value is -2.87. The number of hydrogen-bond acceptors (Lipinski definition) is 5. The molecule has 0 radical (unpaired) electrons. The van der Waals surface area contributed by atoms with E-state index in [9.17, 15) is 23.1 Å². The molecule has 2 aromatic rings. The van der Waals surface area contributed by atoms with E-state index in [1.165, 1.54) is 55.5 Å². The van der Waals surface area contributed by atoms with Gasteiger partial charge in [-0.25, -0.2) is 8.42 Å². The van der Waals surface area contributed by atoms with Crippen LogP contribution in [0.5, 0.6) is 0 Å². The average molecular weight is 333 g/mol. The van der Waals surface area contributed by atoms with Crippen molar-refractivity contribution in [1.29, 1.82) is 0 Å². The molecule has 0 aliphatic rings. The first kappa shape index (κ1) is 16.5. The Labute approximate surface area is 133 Å². The Balaban J connectivity index is 2.17. The summed E-state index contributed by atoms with van der Waals surface area (Å²) in [4.78, 5) is 21.6. The second kappa shape index (κ2) is 6.49. The summed E-state index contributed by atoms with van der Waals surface area (Å²) >= 11 is 0. The summed E-state index contributed by atoms with van der Waals surface area (Å²) in [5.41, 5.74) is 0.656. The van der Waals surface area contributed by atoms with Crippen molar-refractivity contribution in [2.45, 2.75) is 11.8 Å². The van der Waals surface area contributed by atoms with Crippen LogP contribution in [0.25, 0.3) is 0 Å². The van der Waals surface area contributed by atoms with E-state index in [1.807, 2.05) is 0 Å². The molecule has 23 heavy (non-hydrogen) atoms. The molecule has 1 amide bonds. The van der Waals surface area contributed by atoms with E-state index >= 15 is 0 Å². The number of sulfonamides is 1. The fourth-order valence-electron chi connectivity index (χ4n) is 1.81. The molecule has 2 N–H and O–H groups in total. The molecular formula is C15H13N2O5S-. The summed E-state index contributed by atoms with van der Waals surface area (Å²) < 4.78 is 26.8. The van der Waals surface area contributed by atoms with Gasteiger partial charge in [0.25, 0.3) is 10.0 Å². The third-order valence-corrected chi connectivity index (χ3v) is 4.26. The molecular weight excluding hydrogens is 320 g/mol. The number of nitrogens with one attached hydrogen (secondary N) is 2. The van der Waals surface area contributed by atoms with Crippen LogP contribution in [0, 0.1) is 0 Å². The zero-order valence-electron chi connectivity index (χ0n) is 12.1. The Bertz CT molecular complexity index is 827. The largest absolute Gasteiger partial charge is 0.545 e. The first-order valence-corrected chi connectivity index (χ1v) is 7.98. The highest BCUT2D eigenvalue weighted by atomic mass is 32.2. The third kappa shape index (κ3) is 4.30. The SMILES string of the molecule is CC(=O)Nc1ccc(S(=O)(=O)Nc2ccc(C(=O)[O-])cc2)cc1. The molecule has 7 nitrogen and oxygen atoms in total. The van der Waals surface area contributed by atoms with Crippen LogP contribution in [0.3, 0.4) is 0 Å². The maximum atomic E-state index is 12.2. The van der Waals surface area contributed by atoms with Crippen molar-refractivity contribution in [3.05, 3.63) is 54.1 Å². The molecule has 0 saturated heterocycles. The molecule has 0 atom stereocenters. The number of aromatic carboxylic acids is 1.